The average Bonchev–Trinajstić information content (AvgIpc) is 2.15. The minimum atomic E-state index is -4.45. The van der Waals surface area contributed by atoms with Crippen LogP contribution in [0, 0.1) is 0 Å². The number of nitrogens with zero attached hydrogens (tertiary/aromatic N) is 1. The van der Waals surface area contributed by atoms with Crippen molar-refractivity contribution in [1.29, 1.82) is 0 Å². The van der Waals surface area contributed by atoms with Crippen molar-refractivity contribution in [3.8, 4) is 0 Å². The van der Waals surface area contributed by atoms with E-state index in [9.17, 15) is 18.0 Å². The number of halogens is 3. The highest BCUT2D eigenvalue weighted by Crippen LogP contribution is 2.27. The van der Waals surface area contributed by atoms with E-state index in [2.05, 4.69) is 4.98 Å². The van der Waals surface area contributed by atoms with Crippen LogP contribution in [-0.4, -0.2) is 10.8 Å². The van der Waals surface area contributed by atoms with Crippen LogP contribution in [0.4, 0.5) is 13.2 Å². The van der Waals surface area contributed by atoms with Crippen LogP contribution in [-0.2, 0) is 6.18 Å². The molecule has 2 nitrogen and oxygen atoms in total. The molecule has 0 N–H and O–H groups in total. The van der Waals surface area contributed by atoms with E-state index in [-0.39, 0.29) is 17.8 Å². The SMILES string of the molecule is CCC(=O)c1ccc(C(F)(F)F)nc1. The normalized spacial score (nSPS) is 11.4. The van der Waals surface area contributed by atoms with E-state index in [0.29, 0.717) is 0 Å². The predicted octanol–water partition coefficient (Wildman–Crippen LogP) is 2.69. The van der Waals surface area contributed by atoms with Gasteiger partial charge in [0.15, 0.2) is 5.78 Å². The Morgan fingerprint density at radius 1 is 1.43 bits per heavy atom. The first-order chi connectivity index (χ1) is 6.45. The number of rotatable bonds is 2. The van der Waals surface area contributed by atoms with Crippen molar-refractivity contribution in [2.24, 2.45) is 0 Å². The van der Waals surface area contributed by atoms with Gasteiger partial charge in [-0.15, -0.1) is 0 Å². The van der Waals surface area contributed by atoms with Gasteiger partial charge in [0.05, 0.1) is 0 Å². The van der Waals surface area contributed by atoms with Gasteiger partial charge >= 0.3 is 6.18 Å². The topological polar surface area (TPSA) is 30.0 Å². The molecule has 0 aromatic carbocycles. The molecular weight excluding hydrogens is 195 g/mol. The Balaban J connectivity index is 2.95. The van der Waals surface area contributed by atoms with Gasteiger partial charge in [-0.2, -0.15) is 13.2 Å². The lowest BCUT2D eigenvalue weighted by Gasteiger charge is -2.05. The molecule has 0 bridgehead atoms. The first-order valence-corrected chi connectivity index (χ1v) is 4.01. The molecule has 0 saturated carbocycles. The summed E-state index contributed by atoms with van der Waals surface area (Å²) in [6, 6.07) is 1.95. The van der Waals surface area contributed by atoms with Crippen LogP contribution in [0.1, 0.15) is 29.4 Å². The molecule has 5 heteroatoms. The van der Waals surface area contributed by atoms with Crippen LogP contribution >= 0.6 is 0 Å². The van der Waals surface area contributed by atoms with Crippen LogP contribution in [0.5, 0.6) is 0 Å². The molecule has 1 heterocycles. The Morgan fingerprint density at radius 2 is 2.07 bits per heavy atom. The maximum atomic E-state index is 12.1. The molecule has 0 radical (unpaired) electrons. The number of hydrogen-bond acceptors (Lipinski definition) is 2. The fraction of sp³-hybridized carbons (Fsp3) is 0.333. The van der Waals surface area contributed by atoms with E-state index in [1.165, 1.54) is 0 Å². The lowest BCUT2D eigenvalue weighted by Crippen LogP contribution is -2.08. The molecule has 0 aliphatic rings. The predicted molar refractivity (Wildman–Crippen MR) is 43.9 cm³/mol. The molecule has 0 spiro atoms. The second kappa shape index (κ2) is 3.77. The smallest absolute Gasteiger partial charge is 0.294 e. The van der Waals surface area contributed by atoms with Gasteiger partial charge in [0.2, 0.25) is 0 Å². The molecule has 1 aromatic rings. The highest BCUT2D eigenvalue weighted by atomic mass is 19.4. The first kappa shape index (κ1) is 10.7. The van der Waals surface area contributed by atoms with E-state index >= 15 is 0 Å². The lowest BCUT2D eigenvalue weighted by molar-refractivity contribution is -0.141. The third kappa shape index (κ3) is 2.31. The standard InChI is InChI=1S/C9H8F3NO/c1-2-7(14)6-3-4-8(13-5-6)9(10,11)12/h3-5H,2H2,1H3. The zero-order valence-corrected chi connectivity index (χ0v) is 7.43. The number of ketones is 1. The van der Waals surface area contributed by atoms with Crippen LogP contribution < -0.4 is 0 Å². The van der Waals surface area contributed by atoms with Crippen molar-refractivity contribution in [3.05, 3.63) is 29.6 Å². The van der Waals surface area contributed by atoms with Gasteiger partial charge in [0.1, 0.15) is 5.69 Å². The molecule has 1 rings (SSSR count). The van der Waals surface area contributed by atoms with Gasteiger partial charge in [0.25, 0.3) is 0 Å². The van der Waals surface area contributed by atoms with E-state index < -0.39 is 11.9 Å². The number of carbonyl (C=O) groups is 1. The van der Waals surface area contributed by atoms with Gasteiger partial charge in [0, 0.05) is 18.2 Å². The fourth-order valence-corrected chi connectivity index (χ4v) is 0.931. The van der Waals surface area contributed by atoms with Crippen molar-refractivity contribution in [2.45, 2.75) is 19.5 Å². The number of aromatic nitrogens is 1. The summed E-state index contributed by atoms with van der Waals surface area (Å²) < 4.78 is 36.2. The molecule has 0 unspecified atom stereocenters. The third-order valence-electron chi connectivity index (χ3n) is 1.70. The van der Waals surface area contributed by atoms with Crippen LogP contribution in [0.3, 0.4) is 0 Å². The largest absolute Gasteiger partial charge is 0.433 e. The molecule has 0 fully saturated rings. The summed E-state index contributed by atoms with van der Waals surface area (Å²) in [4.78, 5) is 14.2. The Kier molecular flexibility index (Phi) is 2.88. The van der Waals surface area contributed by atoms with Gasteiger partial charge in [-0.3, -0.25) is 9.78 Å². The zero-order valence-electron chi connectivity index (χ0n) is 7.43. The van der Waals surface area contributed by atoms with Crippen molar-refractivity contribution < 1.29 is 18.0 Å². The minimum Gasteiger partial charge on any atom is -0.294 e. The minimum absolute atomic E-state index is 0.209. The van der Waals surface area contributed by atoms with Crippen molar-refractivity contribution in [2.75, 3.05) is 0 Å². The first-order valence-electron chi connectivity index (χ1n) is 4.01. The van der Waals surface area contributed by atoms with Crippen LogP contribution in [0.15, 0.2) is 18.3 Å². The van der Waals surface area contributed by atoms with Gasteiger partial charge < -0.3 is 0 Å². The fourth-order valence-electron chi connectivity index (χ4n) is 0.931. The van der Waals surface area contributed by atoms with E-state index in [1.807, 2.05) is 0 Å². The van der Waals surface area contributed by atoms with E-state index in [4.69, 9.17) is 0 Å². The molecule has 0 aliphatic carbocycles. The molecule has 76 valence electrons. The summed E-state index contributed by atoms with van der Waals surface area (Å²) in [6.45, 7) is 1.64. The van der Waals surface area contributed by atoms with E-state index in [0.717, 1.165) is 18.3 Å². The van der Waals surface area contributed by atoms with Crippen molar-refractivity contribution in [3.63, 3.8) is 0 Å². The highest BCUT2D eigenvalue weighted by molar-refractivity contribution is 5.95. The highest BCUT2D eigenvalue weighted by Gasteiger charge is 2.32. The summed E-state index contributed by atoms with van der Waals surface area (Å²) in [7, 11) is 0. The maximum absolute atomic E-state index is 12.1. The van der Waals surface area contributed by atoms with Crippen molar-refractivity contribution in [1.82, 2.24) is 4.98 Å². The molecule has 0 aliphatic heterocycles. The number of hydrogen-bond donors (Lipinski definition) is 0. The molecule has 14 heavy (non-hydrogen) atoms. The molecule has 1 aromatic heterocycles. The maximum Gasteiger partial charge on any atom is 0.433 e. The third-order valence-corrected chi connectivity index (χ3v) is 1.70. The molecule has 0 atom stereocenters. The molecule has 0 amide bonds. The second-order valence-corrected chi connectivity index (χ2v) is 2.71. The van der Waals surface area contributed by atoms with Crippen LogP contribution in [0.25, 0.3) is 0 Å². The quantitative estimate of drug-likeness (QED) is 0.691. The lowest BCUT2D eigenvalue weighted by atomic mass is 10.1. The monoisotopic (exact) mass is 203 g/mol. The van der Waals surface area contributed by atoms with Crippen LogP contribution in [0.2, 0.25) is 0 Å². The number of alkyl halides is 3. The Bertz CT molecular complexity index is 329. The summed E-state index contributed by atoms with van der Waals surface area (Å²) in [6.07, 6.45) is -3.24. The summed E-state index contributed by atoms with van der Waals surface area (Å²) in [5.41, 5.74) is -0.773. The Morgan fingerprint density at radius 3 is 2.43 bits per heavy atom. The van der Waals surface area contributed by atoms with Gasteiger partial charge in [-0.05, 0) is 12.1 Å². The van der Waals surface area contributed by atoms with E-state index in [1.54, 1.807) is 6.92 Å². The summed E-state index contributed by atoms with van der Waals surface area (Å²) in [5.74, 6) is -0.216. The molecule has 0 saturated heterocycles. The number of pyridine rings is 1. The summed E-state index contributed by atoms with van der Waals surface area (Å²) in [5, 5.41) is 0. The Labute approximate surface area is 78.8 Å². The van der Waals surface area contributed by atoms with Crippen molar-refractivity contribution >= 4 is 5.78 Å². The number of Topliss-reactive ketones (excluding diaryl/α,β-unsaturated/α-hetero) is 1. The van der Waals surface area contributed by atoms with Gasteiger partial charge in [-0.1, -0.05) is 6.92 Å². The zero-order chi connectivity index (χ0) is 10.8. The number of carbonyl (C=O) groups excluding carboxylic acids is 1. The Hall–Kier alpha value is -1.39. The molecular formula is C9H8F3NO. The van der Waals surface area contributed by atoms with Gasteiger partial charge in [-0.25, -0.2) is 0 Å². The second-order valence-electron chi connectivity index (χ2n) is 2.71. The average molecular weight is 203 g/mol. The summed E-state index contributed by atoms with van der Waals surface area (Å²) >= 11 is 0.